The molecule has 0 aromatic heterocycles. The first-order valence-electron chi connectivity index (χ1n) is 7.03. The van der Waals surface area contributed by atoms with Crippen LogP contribution in [0, 0.1) is 17.3 Å². The van der Waals surface area contributed by atoms with Gasteiger partial charge in [0, 0.05) is 25.6 Å². The molecule has 1 aliphatic rings. The zero-order chi connectivity index (χ0) is 14.6. The zero-order valence-corrected chi connectivity index (χ0v) is 12.5. The second kappa shape index (κ2) is 6.37. The van der Waals surface area contributed by atoms with Crippen LogP contribution in [-0.2, 0) is 9.59 Å². The van der Waals surface area contributed by atoms with E-state index in [0.717, 1.165) is 19.3 Å². The highest BCUT2D eigenvalue weighted by molar-refractivity contribution is 5.83. The van der Waals surface area contributed by atoms with Gasteiger partial charge < -0.3 is 16.4 Å². The Morgan fingerprint density at radius 1 is 1.32 bits per heavy atom. The van der Waals surface area contributed by atoms with Gasteiger partial charge in [-0.1, -0.05) is 6.92 Å². The van der Waals surface area contributed by atoms with Crippen molar-refractivity contribution in [2.45, 2.75) is 46.1 Å². The maximum atomic E-state index is 12.1. The lowest BCUT2D eigenvalue weighted by molar-refractivity contribution is -0.130. The van der Waals surface area contributed by atoms with Crippen LogP contribution in [-0.4, -0.2) is 31.4 Å². The maximum absolute atomic E-state index is 12.1. The highest BCUT2D eigenvalue weighted by atomic mass is 16.2. The number of carbonyl (C=O) groups is 2. The second-order valence-corrected chi connectivity index (χ2v) is 6.33. The molecule has 19 heavy (non-hydrogen) atoms. The molecular formula is C14H27N3O2. The van der Waals surface area contributed by atoms with E-state index in [9.17, 15) is 9.59 Å². The molecule has 0 saturated heterocycles. The number of nitrogens with two attached hydrogens (primary N) is 1. The van der Waals surface area contributed by atoms with Crippen LogP contribution >= 0.6 is 0 Å². The number of hydrogen-bond donors (Lipinski definition) is 3. The quantitative estimate of drug-likeness (QED) is 0.700. The molecule has 0 heterocycles. The zero-order valence-electron chi connectivity index (χ0n) is 12.5. The van der Waals surface area contributed by atoms with Crippen molar-refractivity contribution in [1.29, 1.82) is 0 Å². The summed E-state index contributed by atoms with van der Waals surface area (Å²) in [7, 11) is 1.61. The van der Waals surface area contributed by atoms with Crippen LogP contribution in [0.3, 0.4) is 0 Å². The first-order chi connectivity index (χ1) is 8.77. The fourth-order valence-electron chi connectivity index (χ4n) is 2.53. The van der Waals surface area contributed by atoms with Crippen molar-refractivity contribution in [2.75, 3.05) is 13.6 Å². The molecule has 1 aliphatic carbocycles. The monoisotopic (exact) mass is 269 g/mol. The van der Waals surface area contributed by atoms with Crippen LogP contribution in [0.4, 0.5) is 0 Å². The predicted molar refractivity (Wildman–Crippen MR) is 75.3 cm³/mol. The Hall–Kier alpha value is -1.10. The molecule has 110 valence electrons. The summed E-state index contributed by atoms with van der Waals surface area (Å²) in [6.45, 7) is 6.11. The van der Waals surface area contributed by atoms with Gasteiger partial charge in [-0.25, -0.2) is 0 Å². The summed E-state index contributed by atoms with van der Waals surface area (Å²) in [4.78, 5) is 23.8. The van der Waals surface area contributed by atoms with Gasteiger partial charge in [-0.3, -0.25) is 9.59 Å². The molecule has 0 aromatic rings. The minimum absolute atomic E-state index is 0.0373. The summed E-state index contributed by atoms with van der Waals surface area (Å²) >= 11 is 0. The Kier molecular flexibility index (Phi) is 5.35. The fraction of sp³-hybridized carbons (Fsp3) is 0.857. The van der Waals surface area contributed by atoms with E-state index in [-0.39, 0.29) is 23.8 Å². The third-order valence-corrected chi connectivity index (χ3v) is 4.15. The molecule has 5 nitrogen and oxygen atoms in total. The normalized spacial score (nSPS) is 27.7. The Balaban J connectivity index is 2.46. The summed E-state index contributed by atoms with van der Waals surface area (Å²) < 4.78 is 0. The van der Waals surface area contributed by atoms with Crippen LogP contribution in [0.1, 0.15) is 40.0 Å². The smallest absolute Gasteiger partial charge is 0.227 e. The van der Waals surface area contributed by atoms with E-state index in [0.29, 0.717) is 12.5 Å². The van der Waals surface area contributed by atoms with Gasteiger partial charge in [-0.15, -0.1) is 0 Å². The van der Waals surface area contributed by atoms with Gasteiger partial charge in [0.2, 0.25) is 11.8 Å². The third kappa shape index (κ3) is 4.20. The van der Waals surface area contributed by atoms with Gasteiger partial charge in [0.1, 0.15) is 0 Å². The molecule has 0 aromatic carbocycles. The Morgan fingerprint density at radius 3 is 2.47 bits per heavy atom. The molecule has 1 fully saturated rings. The molecule has 5 heteroatoms. The highest BCUT2D eigenvalue weighted by Gasteiger charge is 2.32. The number of amides is 2. The van der Waals surface area contributed by atoms with Crippen molar-refractivity contribution in [3.8, 4) is 0 Å². The topological polar surface area (TPSA) is 84.2 Å². The van der Waals surface area contributed by atoms with E-state index >= 15 is 0 Å². The van der Waals surface area contributed by atoms with Crippen LogP contribution < -0.4 is 16.4 Å². The van der Waals surface area contributed by atoms with Crippen molar-refractivity contribution in [2.24, 2.45) is 23.0 Å². The SMILES string of the molecule is CNC(=O)C(C)(C)CNC(=O)C1CCC(N)C(C)C1. The molecule has 3 atom stereocenters. The number of rotatable bonds is 4. The minimum atomic E-state index is -0.582. The first kappa shape index (κ1) is 16.0. The molecule has 0 bridgehead atoms. The predicted octanol–water partition coefficient (Wildman–Crippen LogP) is 0.638. The second-order valence-electron chi connectivity index (χ2n) is 6.33. The number of carbonyl (C=O) groups excluding carboxylic acids is 2. The van der Waals surface area contributed by atoms with Gasteiger partial charge >= 0.3 is 0 Å². The van der Waals surface area contributed by atoms with Gasteiger partial charge in [-0.2, -0.15) is 0 Å². The number of nitrogens with one attached hydrogen (secondary N) is 2. The van der Waals surface area contributed by atoms with E-state index in [4.69, 9.17) is 5.73 Å². The highest BCUT2D eigenvalue weighted by Crippen LogP contribution is 2.28. The molecule has 0 spiro atoms. The minimum Gasteiger partial charge on any atom is -0.359 e. The average molecular weight is 269 g/mol. The Bertz CT molecular complexity index is 342. The van der Waals surface area contributed by atoms with Crippen LogP contribution in [0.15, 0.2) is 0 Å². The molecular weight excluding hydrogens is 242 g/mol. The van der Waals surface area contributed by atoms with Crippen LogP contribution in [0.25, 0.3) is 0 Å². The summed E-state index contributed by atoms with van der Waals surface area (Å²) in [5.74, 6) is 0.411. The molecule has 0 aliphatic heterocycles. The van der Waals surface area contributed by atoms with Crippen molar-refractivity contribution in [1.82, 2.24) is 10.6 Å². The largest absolute Gasteiger partial charge is 0.359 e. The third-order valence-electron chi connectivity index (χ3n) is 4.15. The number of hydrogen-bond acceptors (Lipinski definition) is 3. The standard InChI is InChI=1S/C14H27N3O2/c1-9-7-10(5-6-11(9)15)12(18)17-8-14(2,3)13(19)16-4/h9-11H,5-8,15H2,1-4H3,(H,16,19)(H,17,18). The van der Waals surface area contributed by atoms with Crippen LogP contribution in [0.2, 0.25) is 0 Å². The Morgan fingerprint density at radius 2 is 1.95 bits per heavy atom. The molecule has 2 amide bonds. The van der Waals surface area contributed by atoms with Crippen molar-refractivity contribution < 1.29 is 9.59 Å². The molecule has 3 unspecified atom stereocenters. The fourth-order valence-corrected chi connectivity index (χ4v) is 2.53. The van der Waals surface area contributed by atoms with E-state index in [2.05, 4.69) is 17.6 Å². The van der Waals surface area contributed by atoms with Crippen molar-refractivity contribution in [3.63, 3.8) is 0 Å². The lowest BCUT2D eigenvalue weighted by Gasteiger charge is -2.32. The molecule has 0 radical (unpaired) electrons. The first-order valence-corrected chi connectivity index (χ1v) is 7.03. The van der Waals surface area contributed by atoms with Gasteiger partial charge in [0.25, 0.3) is 0 Å². The molecule has 1 rings (SSSR count). The van der Waals surface area contributed by atoms with Gasteiger partial charge in [0.05, 0.1) is 5.41 Å². The van der Waals surface area contributed by atoms with Gasteiger partial charge in [0.15, 0.2) is 0 Å². The van der Waals surface area contributed by atoms with Crippen LogP contribution in [0.5, 0.6) is 0 Å². The van der Waals surface area contributed by atoms with Crippen molar-refractivity contribution in [3.05, 3.63) is 0 Å². The lowest BCUT2D eigenvalue weighted by atomic mass is 9.79. The average Bonchev–Trinajstić information content (AvgIpc) is 2.38. The van der Waals surface area contributed by atoms with Gasteiger partial charge in [-0.05, 0) is 39.0 Å². The summed E-state index contributed by atoms with van der Waals surface area (Å²) in [5, 5.41) is 5.52. The van der Waals surface area contributed by atoms with E-state index < -0.39 is 5.41 Å². The molecule has 4 N–H and O–H groups in total. The summed E-state index contributed by atoms with van der Waals surface area (Å²) in [5.41, 5.74) is 5.37. The molecule has 1 saturated carbocycles. The summed E-state index contributed by atoms with van der Waals surface area (Å²) in [6.07, 6.45) is 2.59. The van der Waals surface area contributed by atoms with Crippen molar-refractivity contribution >= 4 is 11.8 Å². The Labute approximate surface area is 115 Å². The van der Waals surface area contributed by atoms with E-state index in [1.807, 2.05) is 13.8 Å². The van der Waals surface area contributed by atoms with E-state index in [1.165, 1.54) is 0 Å². The summed E-state index contributed by atoms with van der Waals surface area (Å²) in [6, 6.07) is 0.214. The lowest BCUT2D eigenvalue weighted by Crippen LogP contribution is -2.46. The van der Waals surface area contributed by atoms with E-state index in [1.54, 1.807) is 7.05 Å². The maximum Gasteiger partial charge on any atom is 0.227 e.